The third kappa shape index (κ3) is 8.14. The summed E-state index contributed by atoms with van der Waals surface area (Å²) >= 11 is 0. The molecule has 0 aromatic heterocycles. The molecule has 41 heavy (non-hydrogen) atoms. The molecule has 0 saturated carbocycles. The van der Waals surface area contributed by atoms with Gasteiger partial charge in [0.15, 0.2) is 0 Å². The van der Waals surface area contributed by atoms with Gasteiger partial charge in [0.25, 0.3) is 0 Å². The highest BCUT2D eigenvalue weighted by molar-refractivity contribution is 7.49. The molecule has 2 N–H and O–H groups in total. The summed E-state index contributed by atoms with van der Waals surface area (Å²) in [6.07, 6.45) is 0. The van der Waals surface area contributed by atoms with Gasteiger partial charge < -0.3 is 19.3 Å². The van der Waals surface area contributed by atoms with Gasteiger partial charge in [0.2, 0.25) is 0 Å². The van der Waals surface area contributed by atoms with Crippen molar-refractivity contribution in [2.75, 3.05) is 6.61 Å². The lowest BCUT2D eigenvalue weighted by Gasteiger charge is -2.28. The number of hydrogen-bond acceptors (Lipinski definition) is 8. The van der Waals surface area contributed by atoms with E-state index in [4.69, 9.17) is 13.6 Å². The van der Waals surface area contributed by atoms with Crippen LogP contribution in [-0.2, 0) is 39.8 Å². The van der Waals surface area contributed by atoms with Gasteiger partial charge in [-0.15, -0.1) is 0 Å². The molecule has 0 amide bonds. The molecule has 9 heteroatoms. The van der Waals surface area contributed by atoms with Crippen LogP contribution in [0.15, 0.2) is 24.3 Å². The number of rotatable bonds is 6. The fourth-order valence-electron chi connectivity index (χ4n) is 4.33. The Morgan fingerprint density at radius 1 is 0.610 bits per heavy atom. The zero-order valence-electron chi connectivity index (χ0n) is 26.8. The van der Waals surface area contributed by atoms with Crippen molar-refractivity contribution in [3.05, 3.63) is 57.6 Å². The second kappa shape index (κ2) is 11.4. The maximum Gasteiger partial charge on any atom is 0.592 e. The van der Waals surface area contributed by atoms with E-state index in [2.05, 4.69) is 0 Å². The summed E-state index contributed by atoms with van der Waals surface area (Å²) in [5.41, 5.74) is 0.00173. The zero-order chi connectivity index (χ0) is 31.9. The average molecular weight is 591 g/mol. The highest BCUT2D eigenvalue weighted by Gasteiger charge is 2.38. The topological polar surface area (TPSA) is 119 Å². The molecule has 0 bridgehead atoms. The molecule has 8 nitrogen and oxygen atoms in total. The molecule has 2 aromatic carbocycles. The van der Waals surface area contributed by atoms with Crippen molar-refractivity contribution in [1.29, 1.82) is 0 Å². The minimum absolute atomic E-state index is 0.0308. The number of phosphoric ester groups is 1. The Kier molecular flexibility index (Phi) is 9.60. The van der Waals surface area contributed by atoms with E-state index in [0.717, 1.165) is 0 Å². The van der Waals surface area contributed by atoms with Crippen molar-refractivity contribution in [2.45, 2.75) is 112 Å². The van der Waals surface area contributed by atoms with Crippen molar-refractivity contribution < 1.29 is 37.9 Å². The lowest BCUT2D eigenvalue weighted by Crippen LogP contribution is -2.20. The summed E-state index contributed by atoms with van der Waals surface area (Å²) in [5.74, 6) is -1.92. The van der Waals surface area contributed by atoms with E-state index >= 15 is 0 Å². The van der Waals surface area contributed by atoms with Gasteiger partial charge in [-0.05, 0) is 52.8 Å². The van der Waals surface area contributed by atoms with Gasteiger partial charge in [-0.3, -0.25) is 4.52 Å². The molecule has 0 saturated heterocycles. The van der Waals surface area contributed by atoms with Crippen LogP contribution >= 0.6 is 7.82 Å². The van der Waals surface area contributed by atoms with E-state index in [1.165, 1.54) is 31.2 Å². The normalized spacial score (nSPS) is 13.2. The van der Waals surface area contributed by atoms with Crippen LogP contribution in [0, 0.1) is 0 Å². The number of carbonyl (C=O) groups excluding carboxylic acids is 2. The second-order valence-corrected chi connectivity index (χ2v) is 16.0. The van der Waals surface area contributed by atoms with Gasteiger partial charge >= 0.3 is 19.8 Å². The first-order valence-corrected chi connectivity index (χ1v) is 15.3. The lowest BCUT2D eigenvalue weighted by atomic mass is 9.78. The average Bonchev–Trinajstić information content (AvgIpc) is 2.75. The van der Waals surface area contributed by atoms with Crippen molar-refractivity contribution >= 4 is 19.8 Å². The number of hydrogen-bond donors (Lipinski definition) is 2. The number of carbonyl (C=O) groups is 2. The van der Waals surface area contributed by atoms with Crippen LogP contribution < -0.4 is 0 Å². The first kappa shape index (κ1) is 34.4. The molecule has 0 unspecified atom stereocenters. The molecule has 0 radical (unpaired) electrons. The number of aromatic hydroxyl groups is 2. The molecule has 2 rings (SSSR count). The molecule has 0 atom stereocenters. The Morgan fingerprint density at radius 2 is 0.854 bits per heavy atom. The monoisotopic (exact) mass is 590 g/mol. The van der Waals surface area contributed by atoms with Crippen LogP contribution in [0.1, 0.15) is 133 Å². The fourth-order valence-corrected chi connectivity index (χ4v) is 5.41. The van der Waals surface area contributed by atoms with Crippen LogP contribution in [0.4, 0.5) is 0 Å². The summed E-state index contributed by atoms with van der Waals surface area (Å²) in [4.78, 5) is 26.7. The van der Waals surface area contributed by atoms with Crippen LogP contribution in [0.2, 0.25) is 0 Å². The predicted molar refractivity (Wildman–Crippen MR) is 161 cm³/mol. The number of phosphoric acid groups is 1. The highest BCUT2D eigenvalue weighted by Crippen LogP contribution is 2.52. The Bertz CT molecular complexity index is 1190. The third-order valence-electron chi connectivity index (χ3n) is 6.60. The Balaban J connectivity index is 2.57. The summed E-state index contributed by atoms with van der Waals surface area (Å²) in [6.45, 7) is 24.1. The quantitative estimate of drug-likeness (QED) is 0.322. The molecule has 0 fully saturated rings. The van der Waals surface area contributed by atoms with E-state index in [-0.39, 0.29) is 29.2 Å². The van der Waals surface area contributed by atoms with Gasteiger partial charge in [-0.2, -0.15) is 0 Å². The molecular formula is C32H47O8P. The summed E-state index contributed by atoms with van der Waals surface area (Å²) in [6, 6.07) is 5.93. The number of benzene rings is 2. The summed E-state index contributed by atoms with van der Waals surface area (Å²) in [5, 5.41) is 22.0. The van der Waals surface area contributed by atoms with Gasteiger partial charge in [-0.1, -0.05) is 83.1 Å². The van der Waals surface area contributed by atoms with E-state index in [0.29, 0.717) is 22.3 Å². The molecule has 0 aliphatic rings. The standard InChI is InChI=1S/C32H47O8P/c1-14-38-41(37,39-27(35)19-15-21(29(2,3)4)25(33)22(16-19)30(5,6)7)40-28(36)20-17-23(31(8,9)10)26(34)24(18-20)32(11,12)13/h15-18,33-34H,14H2,1-13H3. The second-order valence-electron chi connectivity index (χ2n) is 14.5. The summed E-state index contributed by atoms with van der Waals surface area (Å²) < 4.78 is 29.4. The van der Waals surface area contributed by atoms with E-state index < -0.39 is 41.4 Å². The van der Waals surface area contributed by atoms with Crippen LogP contribution in [0.25, 0.3) is 0 Å². The summed E-state index contributed by atoms with van der Waals surface area (Å²) in [7, 11) is -4.73. The molecule has 2 aromatic rings. The third-order valence-corrected chi connectivity index (χ3v) is 7.95. The van der Waals surface area contributed by atoms with Crippen molar-refractivity contribution in [3.63, 3.8) is 0 Å². The lowest BCUT2D eigenvalue weighted by molar-refractivity contribution is 0.0521. The SMILES string of the molecule is CCOP(=O)(OC(=O)c1cc(C(C)(C)C)c(O)c(C(C)(C)C)c1)OC(=O)c1cc(C(C)(C)C)c(O)c(C(C)(C)C)c1. The van der Waals surface area contributed by atoms with E-state index in [1.807, 2.05) is 83.1 Å². The maximum atomic E-state index is 13.6. The number of phenolic OH excluding ortho intramolecular Hbond substituents is 2. The highest BCUT2D eigenvalue weighted by atomic mass is 31.2. The van der Waals surface area contributed by atoms with E-state index in [1.54, 1.807) is 0 Å². The predicted octanol–water partition coefficient (Wildman–Crippen LogP) is 8.45. The molecule has 228 valence electrons. The van der Waals surface area contributed by atoms with Gasteiger partial charge in [0, 0.05) is 22.3 Å². The van der Waals surface area contributed by atoms with E-state index in [9.17, 15) is 24.4 Å². The maximum absolute atomic E-state index is 13.6. The Morgan fingerprint density at radius 3 is 1.05 bits per heavy atom. The molecule has 0 heterocycles. The molecular weight excluding hydrogens is 543 g/mol. The zero-order valence-corrected chi connectivity index (χ0v) is 27.7. The molecule has 0 aliphatic heterocycles. The Labute approximate surface area is 245 Å². The fraction of sp³-hybridized carbons (Fsp3) is 0.562. The van der Waals surface area contributed by atoms with Gasteiger partial charge in [0.1, 0.15) is 11.5 Å². The molecule has 0 spiro atoms. The first-order valence-electron chi connectivity index (χ1n) is 13.8. The van der Waals surface area contributed by atoms with Crippen LogP contribution in [0.5, 0.6) is 11.5 Å². The first-order chi connectivity index (χ1) is 18.3. The smallest absolute Gasteiger partial charge is 0.507 e. The van der Waals surface area contributed by atoms with Gasteiger partial charge in [-0.25, -0.2) is 14.2 Å². The minimum Gasteiger partial charge on any atom is -0.507 e. The van der Waals surface area contributed by atoms with Crippen molar-refractivity contribution in [2.24, 2.45) is 0 Å². The van der Waals surface area contributed by atoms with Gasteiger partial charge in [0.05, 0.1) is 17.7 Å². The minimum atomic E-state index is -4.73. The number of phenols is 2. The van der Waals surface area contributed by atoms with Crippen molar-refractivity contribution in [1.82, 2.24) is 0 Å². The van der Waals surface area contributed by atoms with Crippen LogP contribution in [-0.4, -0.2) is 28.8 Å². The van der Waals surface area contributed by atoms with Crippen LogP contribution in [0.3, 0.4) is 0 Å². The Hall–Kier alpha value is -2.83. The largest absolute Gasteiger partial charge is 0.592 e. The molecule has 0 aliphatic carbocycles. The van der Waals surface area contributed by atoms with Crippen molar-refractivity contribution in [3.8, 4) is 11.5 Å².